The molecule has 0 saturated carbocycles. The number of hydrogen-bond acceptors (Lipinski definition) is 6. The molecule has 0 spiro atoms. The molecular weight excluding hydrogens is 416 g/mol. The topological polar surface area (TPSA) is 94.0 Å². The average Bonchev–Trinajstić information content (AvgIpc) is 3.30. The highest BCUT2D eigenvalue weighted by Crippen LogP contribution is 2.26. The van der Waals surface area contributed by atoms with E-state index in [1.54, 1.807) is 37.6 Å². The van der Waals surface area contributed by atoms with Crippen LogP contribution in [0.15, 0.2) is 60.8 Å². The third kappa shape index (κ3) is 4.95. The standard InChI is InChI=1S/C25H28N6O2/c1-4-17(2)22-29-23(21-16-28-31(24(21)30-22)19-8-6-5-7-9-19)26-14-15-27-25(32)18-10-12-20(33-3)13-11-18/h5-13,16-17H,4,14-15H2,1-3H3,(H,27,32)(H,26,29,30). The average molecular weight is 445 g/mol. The first-order chi connectivity index (χ1) is 16.1. The van der Waals surface area contributed by atoms with Crippen molar-refractivity contribution in [1.82, 2.24) is 25.1 Å². The molecule has 0 radical (unpaired) electrons. The number of carbonyl (C=O) groups excluding carboxylic acids is 1. The molecule has 4 aromatic rings. The summed E-state index contributed by atoms with van der Waals surface area (Å²) < 4.78 is 6.97. The normalized spacial score (nSPS) is 11.8. The second-order valence-corrected chi connectivity index (χ2v) is 7.78. The van der Waals surface area contributed by atoms with Crippen molar-refractivity contribution >= 4 is 22.8 Å². The highest BCUT2D eigenvalue weighted by atomic mass is 16.5. The Bertz CT molecular complexity index is 1220. The van der Waals surface area contributed by atoms with Crippen LogP contribution in [0.25, 0.3) is 16.7 Å². The van der Waals surface area contributed by atoms with Crippen LogP contribution in [-0.2, 0) is 0 Å². The number of methoxy groups -OCH3 is 1. The van der Waals surface area contributed by atoms with Crippen LogP contribution < -0.4 is 15.4 Å². The third-order valence-corrected chi connectivity index (χ3v) is 5.55. The molecule has 33 heavy (non-hydrogen) atoms. The van der Waals surface area contributed by atoms with Gasteiger partial charge in [0.25, 0.3) is 5.91 Å². The Morgan fingerprint density at radius 1 is 1.06 bits per heavy atom. The number of fused-ring (bicyclic) bond motifs is 1. The van der Waals surface area contributed by atoms with E-state index in [-0.39, 0.29) is 11.8 Å². The largest absolute Gasteiger partial charge is 0.497 e. The maximum absolute atomic E-state index is 12.4. The van der Waals surface area contributed by atoms with E-state index in [2.05, 4.69) is 29.6 Å². The molecule has 2 aromatic heterocycles. The Balaban J connectivity index is 1.50. The first-order valence-electron chi connectivity index (χ1n) is 11.1. The van der Waals surface area contributed by atoms with Gasteiger partial charge in [-0.15, -0.1) is 0 Å². The summed E-state index contributed by atoms with van der Waals surface area (Å²) in [6.45, 7) is 5.20. The number of hydrogen-bond donors (Lipinski definition) is 2. The second kappa shape index (κ2) is 10.1. The lowest BCUT2D eigenvalue weighted by atomic mass is 10.1. The van der Waals surface area contributed by atoms with Crippen LogP contribution in [0.2, 0.25) is 0 Å². The van der Waals surface area contributed by atoms with Gasteiger partial charge in [0.15, 0.2) is 5.65 Å². The minimum absolute atomic E-state index is 0.135. The number of carbonyl (C=O) groups is 1. The van der Waals surface area contributed by atoms with Gasteiger partial charge >= 0.3 is 0 Å². The van der Waals surface area contributed by atoms with Gasteiger partial charge in [-0.2, -0.15) is 5.10 Å². The molecule has 1 unspecified atom stereocenters. The molecule has 0 bridgehead atoms. The summed E-state index contributed by atoms with van der Waals surface area (Å²) in [5.41, 5.74) is 2.29. The van der Waals surface area contributed by atoms with Crippen molar-refractivity contribution in [3.63, 3.8) is 0 Å². The molecular formula is C25H28N6O2. The van der Waals surface area contributed by atoms with Crippen molar-refractivity contribution < 1.29 is 9.53 Å². The third-order valence-electron chi connectivity index (χ3n) is 5.55. The number of nitrogens with zero attached hydrogens (tertiary/aromatic N) is 4. The molecule has 0 aliphatic rings. The number of ether oxygens (including phenoxy) is 1. The molecule has 1 amide bonds. The SMILES string of the molecule is CCC(C)c1nc(NCCNC(=O)c2ccc(OC)cc2)c2cnn(-c3ccccc3)c2n1. The molecule has 4 rings (SSSR count). The Kier molecular flexibility index (Phi) is 6.83. The van der Waals surface area contributed by atoms with E-state index in [0.717, 1.165) is 34.8 Å². The molecule has 0 aliphatic carbocycles. The van der Waals surface area contributed by atoms with Gasteiger partial charge < -0.3 is 15.4 Å². The molecule has 8 heteroatoms. The summed E-state index contributed by atoms with van der Waals surface area (Å²) in [6, 6.07) is 16.9. The first-order valence-corrected chi connectivity index (χ1v) is 11.1. The van der Waals surface area contributed by atoms with Crippen LogP contribution in [0, 0.1) is 0 Å². The fraction of sp³-hybridized carbons (Fsp3) is 0.280. The van der Waals surface area contributed by atoms with Crippen molar-refractivity contribution in [2.75, 3.05) is 25.5 Å². The van der Waals surface area contributed by atoms with E-state index in [1.807, 2.05) is 35.0 Å². The predicted molar refractivity (Wildman–Crippen MR) is 129 cm³/mol. The Morgan fingerprint density at radius 2 is 1.82 bits per heavy atom. The fourth-order valence-corrected chi connectivity index (χ4v) is 3.42. The van der Waals surface area contributed by atoms with Crippen molar-refractivity contribution in [2.45, 2.75) is 26.2 Å². The van der Waals surface area contributed by atoms with E-state index in [1.165, 1.54) is 0 Å². The molecule has 2 N–H and O–H groups in total. The summed E-state index contributed by atoms with van der Waals surface area (Å²) >= 11 is 0. The van der Waals surface area contributed by atoms with Gasteiger partial charge in [0, 0.05) is 24.6 Å². The maximum Gasteiger partial charge on any atom is 0.251 e. The molecule has 2 aromatic carbocycles. The zero-order valence-corrected chi connectivity index (χ0v) is 19.1. The highest BCUT2D eigenvalue weighted by molar-refractivity contribution is 5.94. The maximum atomic E-state index is 12.4. The summed E-state index contributed by atoms with van der Waals surface area (Å²) in [5, 5.41) is 11.7. The molecule has 170 valence electrons. The van der Waals surface area contributed by atoms with Crippen LogP contribution in [-0.4, -0.2) is 45.9 Å². The zero-order chi connectivity index (χ0) is 23.2. The molecule has 0 fully saturated rings. The van der Waals surface area contributed by atoms with Crippen LogP contribution in [0.1, 0.15) is 42.4 Å². The fourth-order valence-electron chi connectivity index (χ4n) is 3.42. The van der Waals surface area contributed by atoms with E-state index < -0.39 is 0 Å². The number of nitrogens with one attached hydrogen (secondary N) is 2. The van der Waals surface area contributed by atoms with Crippen molar-refractivity contribution in [2.24, 2.45) is 0 Å². The van der Waals surface area contributed by atoms with Crippen LogP contribution >= 0.6 is 0 Å². The lowest BCUT2D eigenvalue weighted by molar-refractivity contribution is 0.0955. The zero-order valence-electron chi connectivity index (χ0n) is 19.1. The number of para-hydroxylation sites is 1. The smallest absolute Gasteiger partial charge is 0.251 e. The van der Waals surface area contributed by atoms with Gasteiger partial charge in [-0.1, -0.05) is 32.0 Å². The molecule has 1 atom stereocenters. The first kappa shape index (κ1) is 22.3. The van der Waals surface area contributed by atoms with E-state index >= 15 is 0 Å². The van der Waals surface area contributed by atoms with Gasteiger partial charge in [0.1, 0.15) is 17.4 Å². The van der Waals surface area contributed by atoms with Gasteiger partial charge in [-0.05, 0) is 42.8 Å². The summed E-state index contributed by atoms with van der Waals surface area (Å²) in [7, 11) is 1.60. The van der Waals surface area contributed by atoms with Gasteiger partial charge in [-0.25, -0.2) is 14.6 Å². The number of benzene rings is 2. The minimum Gasteiger partial charge on any atom is -0.497 e. The molecule has 8 nitrogen and oxygen atoms in total. The van der Waals surface area contributed by atoms with Gasteiger partial charge in [0.05, 0.1) is 24.4 Å². The van der Waals surface area contributed by atoms with Gasteiger partial charge in [0.2, 0.25) is 0 Å². The second-order valence-electron chi connectivity index (χ2n) is 7.78. The van der Waals surface area contributed by atoms with Gasteiger partial charge in [-0.3, -0.25) is 4.79 Å². The molecule has 2 heterocycles. The quantitative estimate of drug-likeness (QED) is 0.376. The molecule has 0 saturated heterocycles. The monoisotopic (exact) mass is 444 g/mol. The number of rotatable bonds is 9. The number of anilines is 1. The lowest BCUT2D eigenvalue weighted by Gasteiger charge is -2.13. The van der Waals surface area contributed by atoms with Crippen LogP contribution in [0.4, 0.5) is 5.82 Å². The summed E-state index contributed by atoms with van der Waals surface area (Å²) in [5.74, 6) is 2.28. The highest BCUT2D eigenvalue weighted by Gasteiger charge is 2.16. The van der Waals surface area contributed by atoms with E-state index in [9.17, 15) is 4.79 Å². The van der Waals surface area contributed by atoms with Crippen molar-refractivity contribution in [1.29, 1.82) is 0 Å². The summed E-state index contributed by atoms with van der Waals surface area (Å²) in [4.78, 5) is 22.0. The minimum atomic E-state index is -0.135. The van der Waals surface area contributed by atoms with E-state index in [4.69, 9.17) is 14.7 Å². The summed E-state index contributed by atoms with van der Waals surface area (Å²) in [6.07, 6.45) is 2.71. The number of amides is 1. The van der Waals surface area contributed by atoms with Crippen LogP contribution in [0.3, 0.4) is 0 Å². The van der Waals surface area contributed by atoms with Crippen molar-refractivity contribution in [3.05, 3.63) is 72.2 Å². The van der Waals surface area contributed by atoms with E-state index in [0.29, 0.717) is 24.4 Å². The van der Waals surface area contributed by atoms with Crippen molar-refractivity contribution in [3.8, 4) is 11.4 Å². The predicted octanol–water partition coefficient (Wildman–Crippen LogP) is 4.18. The van der Waals surface area contributed by atoms with Crippen LogP contribution in [0.5, 0.6) is 5.75 Å². The lowest BCUT2D eigenvalue weighted by Crippen LogP contribution is -2.29. The Morgan fingerprint density at radius 3 is 2.52 bits per heavy atom. The molecule has 0 aliphatic heterocycles. The Hall–Kier alpha value is -3.94. The Labute approximate surface area is 193 Å². The number of aromatic nitrogens is 4.